The van der Waals surface area contributed by atoms with E-state index in [2.05, 4.69) is 15.3 Å². The van der Waals surface area contributed by atoms with Crippen LogP contribution in [-0.2, 0) is 19.9 Å². The molecule has 9 heteroatoms. The molecular weight excluding hydrogens is 436 g/mol. The van der Waals surface area contributed by atoms with Gasteiger partial charge in [0.05, 0.1) is 31.8 Å². The molecule has 1 unspecified atom stereocenters. The van der Waals surface area contributed by atoms with Gasteiger partial charge in [0.15, 0.2) is 24.1 Å². The second-order valence-electron chi connectivity index (χ2n) is 10.2. The van der Waals surface area contributed by atoms with Gasteiger partial charge in [-0.3, -0.25) is 9.78 Å². The number of ether oxygens (including phenoxy) is 1. The summed E-state index contributed by atoms with van der Waals surface area (Å²) in [7, 11) is 0. The van der Waals surface area contributed by atoms with Gasteiger partial charge in [0, 0.05) is 42.6 Å². The molecule has 2 atom stereocenters. The van der Waals surface area contributed by atoms with Crippen LogP contribution in [0.15, 0.2) is 41.6 Å². The molecule has 34 heavy (non-hydrogen) atoms. The highest BCUT2D eigenvalue weighted by atomic mass is 16.6. The minimum absolute atomic E-state index is 0.122. The van der Waals surface area contributed by atoms with E-state index in [0.29, 0.717) is 29.0 Å². The van der Waals surface area contributed by atoms with Gasteiger partial charge in [0.2, 0.25) is 0 Å². The molecular formula is C25H33N4O5+. The monoisotopic (exact) mass is 469 g/mol. The van der Waals surface area contributed by atoms with Crippen molar-refractivity contribution in [2.45, 2.75) is 56.7 Å². The van der Waals surface area contributed by atoms with Crippen molar-refractivity contribution in [3.8, 4) is 0 Å². The van der Waals surface area contributed by atoms with E-state index in [1.807, 2.05) is 0 Å². The fourth-order valence-electron chi connectivity index (χ4n) is 6.18. The number of esters is 1. The summed E-state index contributed by atoms with van der Waals surface area (Å²) < 4.78 is 11.9. The average Bonchev–Trinajstić information content (AvgIpc) is 3.40. The van der Waals surface area contributed by atoms with Gasteiger partial charge in [-0.25, -0.2) is 9.78 Å². The number of anilines is 1. The first kappa shape index (κ1) is 23.0. The highest BCUT2D eigenvalue weighted by molar-refractivity contribution is 5.90. The quantitative estimate of drug-likeness (QED) is 0.473. The maximum Gasteiger partial charge on any atom is 0.343 e. The summed E-state index contributed by atoms with van der Waals surface area (Å²) in [5, 5.41) is 14.5. The Bertz CT molecular complexity index is 984. The Hall–Kier alpha value is -2.78. The van der Waals surface area contributed by atoms with Gasteiger partial charge < -0.3 is 24.1 Å². The number of hydrogen-bond acceptors (Lipinski definition) is 7. The van der Waals surface area contributed by atoms with E-state index < -0.39 is 11.6 Å². The predicted octanol–water partition coefficient (Wildman–Crippen LogP) is 2.63. The van der Waals surface area contributed by atoms with Gasteiger partial charge >= 0.3 is 5.97 Å². The number of carbonyl (C=O) groups is 2. The Balaban J connectivity index is 1.29. The Morgan fingerprint density at radius 1 is 1.18 bits per heavy atom. The van der Waals surface area contributed by atoms with Gasteiger partial charge in [-0.2, -0.15) is 0 Å². The topological polar surface area (TPSA) is 115 Å². The van der Waals surface area contributed by atoms with Crippen molar-refractivity contribution in [1.29, 1.82) is 0 Å². The smallest absolute Gasteiger partial charge is 0.343 e. The van der Waals surface area contributed by atoms with E-state index >= 15 is 0 Å². The summed E-state index contributed by atoms with van der Waals surface area (Å²) >= 11 is 0. The maximum absolute atomic E-state index is 13.6. The van der Waals surface area contributed by atoms with Crippen LogP contribution in [0.5, 0.6) is 0 Å². The number of nitrogens with one attached hydrogen (secondary N) is 1. The molecule has 182 valence electrons. The minimum atomic E-state index is -1.70. The SMILES string of the molecule is O=C(C[N+]12CCC(CC1)C(OC(=O)[C@](O)(c1ccoc1)C1CCCCC1)C2)Nc1cnccn1. The molecule has 1 amide bonds. The van der Waals surface area contributed by atoms with Crippen LogP contribution in [-0.4, -0.2) is 63.7 Å². The number of quaternary nitrogens is 1. The fourth-order valence-corrected chi connectivity index (χ4v) is 6.18. The highest BCUT2D eigenvalue weighted by Crippen LogP contribution is 2.42. The molecule has 0 spiro atoms. The van der Waals surface area contributed by atoms with Crippen LogP contribution in [0.3, 0.4) is 0 Å². The summed E-state index contributed by atoms with van der Waals surface area (Å²) in [6, 6.07) is 1.66. The lowest BCUT2D eigenvalue weighted by Crippen LogP contribution is -2.66. The molecule has 1 saturated carbocycles. The first-order valence-electron chi connectivity index (χ1n) is 12.4. The zero-order valence-corrected chi connectivity index (χ0v) is 19.4. The molecule has 0 radical (unpaired) electrons. The number of piperidine rings is 3. The van der Waals surface area contributed by atoms with Crippen molar-refractivity contribution in [2.75, 3.05) is 31.5 Å². The maximum atomic E-state index is 13.6. The standard InChI is InChI=1S/C25H32N4O5/c30-23(28-22-14-26-9-10-27-22)16-29-11-6-18(7-12-29)21(15-29)34-24(31)25(32,20-8-13-33-17-20)19-4-2-1-3-5-19/h8-10,13-14,17-19,21,32H,1-7,11-12,15-16H2/p+1/t18?,21?,25-,29?/m1/s1. The number of nitrogens with zero attached hydrogens (tertiary/aromatic N) is 3. The van der Waals surface area contributed by atoms with Gasteiger partial charge in [0.25, 0.3) is 5.91 Å². The molecule has 2 N–H and O–H groups in total. The van der Waals surface area contributed by atoms with E-state index in [1.54, 1.807) is 12.3 Å². The summed E-state index contributed by atoms with van der Waals surface area (Å²) in [5.74, 6) is -0.205. The molecule has 2 bridgehead atoms. The molecule has 3 saturated heterocycles. The number of carbonyl (C=O) groups excluding carboxylic acids is 2. The number of hydrogen-bond donors (Lipinski definition) is 2. The van der Waals surface area contributed by atoms with Crippen LogP contribution in [0.4, 0.5) is 5.82 Å². The number of furan rings is 1. The van der Waals surface area contributed by atoms with E-state index in [0.717, 1.165) is 58.0 Å². The van der Waals surface area contributed by atoms with Crippen LogP contribution >= 0.6 is 0 Å². The lowest BCUT2D eigenvalue weighted by molar-refractivity contribution is -0.939. The van der Waals surface area contributed by atoms with Crippen molar-refractivity contribution in [3.05, 3.63) is 42.7 Å². The molecule has 5 heterocycles. The molecule has 4 aliphatic rings. The summed E-state index contributed by atoms with van der Waals surface area (Å²) in [6.45, 7) is 2.63. The third-order valence-electron chi connectivity index (χ3n) is 8.08. The average molecular weight is 470 g/mol. The Morgan fingerprint density at radius 3 is 2.65 bits per heavy atom. The van der Waals surface area contributed by atoms with Gasteiger partial charge in [-0.15, -0.1) is 0 Å². The molecule has 1 aliphatic carbocycles. The van der Waals surface area contributed by atoms with Crippen LogP contribution in [0.25, 0.3) is 0 Å². The van der Waals surface area contributed by atoms with E-state index in [-0.39, 0.29) is 23.8 Å². The van der Waals surface area contributed by atoms with Crippen LogP contribution in [0.2, 0.25) is 0 Å². The molecule has 9 nitrogen and oxygen atoms in total. The van der Waals surface area contributed by atoms with Gasteiger partial charge in [-0.1, -0.05) is 19.3 Å². The molecule has 3 aliphatic heterocycles. The molecule has 2 aromatic rings. The number of aromatic nitrogens is 2. The van der Waals surface area contributed by atoms with Crippen LogP contribution in [0, 0.1) is 11.8 Å². The number of amides is 1. The lowest BCUT2D eigenvalue weighted by Gasteiger charge is -2.52. The Kier molecular flexibility index (Phi) is 6.40. The largest absolute Gasteiger partial charge is 0.472 e. The number of fused-ring (bicyclic) bond motifs is 3. The molecule has 2 aromatic heterocycles. The van der Waals surface area contributed by atoms with E-state index in [9.17, 15) is 14.7 Å². The summed E-state index contributed by atoms with van der Waals surface area (Å²) in [5.41, 5.74) is -1.23. The zero-order chi connectivity index (χ0) is 23.6. The first-order chi connectivity index (χ1) is 16.5. The van der Waals surface area contributed by atoms with Crippen molar-refractivity contribution >= 4 is 17.7 Å². The normalized spacial score (nSPS) is 28.7. The fraction of sp³-hybridized carbons (Fsp3) is 0.600. The zero-order valence-electron chi connectivity index (χ0n) is 19.4. The van der Waals surface area contributed by atoms with Crippen LogP contribution in [0.1, 0.15) is 50.5 Å². The third-order valence-corrected chi connectivity index (χ3v) is 8.08. The Morgan fingerprint density at radius 2 is 1.97 bits per heavy atom. The molecule has 4 fully saturated rings. The number of rotatable bonds is 7. The van der Waals surface area contributed by atoms with E-state index in [4.69, 9.17) is 9.15 Å². The Labute approximate surface area is 199 Å². The van der Waals surface area contributed by atoms with Crippen molar-refractivity contribution in [1.82, 2.24) is 9.97 Å². The number of aliphatic hydroxyl groups is 1. The van der Waals surface area contributed by atoms with E-state index in [1.165, 1.54) is 24.9 Å². The predicted molar refractivity (Wildman–Crippen MR) is 122 cm³/mol. The second kappa shape index (κ2) is 9.46. The first-order valence-corrected chi connectivity index (χ1v) is 12.4. The minimum Gasteiger partial charge on any atom is -0.472 e. The molecule has 0 aromatic carbocycles. The summed E-state index contributed by atoms with van der Waals surface area (Å²) in [6.07, 6.45) is 13.7. The van der Waals surface area contributed by atoms with Crippen molar-refractivity contribution in [2.24, 2.45) is 11.8 Å². The summed E-state index contributed by atoms with van der Waals surface area (Å²) in [4.78, 5) is 34.4. The van der Waals surface area contributed by atoms with Crippen LogP contribution < -0.4 is 5.32 Å². The second-order valence-corrected chi connectivity index (χ2v) is 10.2. The lowest BCUT2D eigenvalue weighted by atomic mass is 9.74. The third kappa shape index (κ3) is 4.46. The molecule has 6 rings (SSSR count). The van der Waals surface area contributed by atoms with Gasteiger partial charge in [-0.05, 0) is 18.9 Å². The van der Waals surface area contributed by atoms with Gasteiger partial charge in [0.1, 0.15) is 6.54 Å². The van der Waals surface area contributed by atoms with Crippen molar-refractivity contribution in [3.63, 3.8) is 0 Å². The highest BCUT2D eigenvalue weighted by Gasteiger charge is 2.53. The van der Waals surface area contributed by atoms with Crippen molar-refractivity contribution < 1.29 is 28.3 Å².